The zero-order chi connectivity index (χ0) is 22.1. The molecule has 0 aliphatic rings. The summed E-state index contributed by atoms with van der Waals surface area (Å²) in [4.78, 5) is 47.2. The molecular formula is C19H37N5O5. The van der Waals surface area contributed by atoms with E-state index in [9.17, 15) is 24.3 Å². The number of rotatable bonds is 16. The van der Waals surface area contributed by atoms with Crippen LogP contribution in [0.3, 0.4) is 0 Å². The number of hydrogen-bond acceptors (Lipinski definition) is 6. The van der Waals surface area contributed by atoms with Crippen LogP contribution in [0.1, 0.15) is 52.9 Å². The molecule has 0 heterocycles. The van der Waals surface area contributed by atoms with Gasteiger partial charge in [-0.2, -0.15) is 0 Å². The number of carbonyl (C=O) groups is 4. The summed E-state index contributed by atoms with van der Waals surface area (Å²) in [7, 11) is 0. The molecule has 1 unspecified atom stereocenters. The van der Waals surface area contributed by atoms with Gasteiger partial charge in [-0.1, -0.05) is 40.0 Å². The van der Waals surface area contributed by atoms with E-state index in [-0.39, 0.29) is 37.4 Å². The number of hydrogen-bond donors (Lipinski definition) is 6. The maximum atomic E-state index is 12.0. The summed E-state index contributed by atoms with van der Waals surface area (Å²) in [6.07, 6.45) is 4.36. The van der Waals surface area contributed by atoms with E-state index in [1.165, 1.54) is 0 Å². The fourth-order valence-corrected chi connectivity index (χ4v) is 2.31. The van der Waals surface area contributed by atoms with Crippen molar-refractivity contribution in [3.63, 3.8) is 0 Å². The fraction of sp³-hybridized carbons (Fsp3) is 0.789. The van der Waals surface area contributed by atoms with Crippen molar-refractivity contribution in [1.29, 1.82) is 0 Å². The molecule has 0 aliphatic carbocycles. The number of unbranched alkanes of at least 4 members (excludes halogenated alkanes) is 3. The Morgan fingerprint density at radius 2 is 1.52 bits per heavy atom. The summed E-state index contributed by atoms with van der Waals surface area (Å²) in [6, 6.07) is -0.933. The van der Waals surface area contributed by atoms with Gasteiger partial charge in [0.2, 0.25) is 23.6 Å². The molecule has 0 bridgehead atoms. The van der Waals surface area contributed by atoms with E-state index in [4.69, 9.17) is 0 Å². The van der Waals surface area contributed by atoms with Crippen LogP contribution in [0.2, 0.25) is 0 Å². The fourth-order valence-electron chi connectivity index (χ4n) is 2.31. The van der Waals surface area contributed by atoms with Crippen molar-refractivity contribution >= 4 is 23.6 Å². The molecule has 0 aromatic carbocycles. The summed E-state index contributed by atoms with van der Waals surface area (Å²) < 4.78 is 0. The quantitative estimate of drug-likeness (QED) is 0.174. The number of carbonyl (C=O) groups excluding carboxylic acids is 4. The van der Waals surface area contributed by atoms with E-state index in [0.29, 0.717) is 13.1 Å². The van der Waals surface area contributed by atoms with Crippen LogP contribution in [0.5, 0.6) is 0 Å². The third-order valence-corrected chi connectivity index (χ3v) is 3.96. The lowest BCUT2D eigenvalue weighted by molar-refractivity contribution is -0.131. The number of aliphatic hydroxyl groups excluding tert-OH is 1. The Kier molecular flexibility index (Phi) is 15.5. The van der Waals surface area contributed by atoms with Gasteiger partial charge in [0.15, 0.2) is 0 Å². The lowest BCUT2D eigenvalue weighted by Crippen LogP contribution is -2.52. The third-order valence-electron chi connectivity index (χ3n) is 3.96. The zero-order valence-electron chi connectivity index (χ0n) is 17.8. The second-order valence-electron chi connectivity index (χ2n) is 7.07. The molecule has 0 spiro atoms. The molecule has 6 N–H and O–H groups in total. The van der Waals surface area contributed by atoms with Crippen LogP contribution in [0.25, 0.3) is 0 Å². The van der Waals surface area contributed by atoms with Gasteiger partial charge >= 0.3 is 0 Å². The zero-order valence-corrected chi connectivity index (χ0v) is 17.8. The van der Waals surface area contributed by atoms with E-state index in [2.05, 4.69) is 33.5 Å². The Labute approximate surface area is 172 Å². The van der Waals surface area contributed by atoms with Gasteiger partial charge < -0.3 is 31.7 Å². The molecule has 0 radical (unpaired) electrons. The Morgan fingerprint density at radius 1 is 0.828 bits per heavy atom. The number of nitrogens with one attached hydrogen (secondary N) is 5. The molecule has 0 aromatic heterocycles. The van der Waals surface area contributed by atoms with E-state index in [1.54, 1.807) is 0 Å². The molecule has 29 heavy (non-hydrogen) atoms. The Bertz CT molecular complexity index is 513. The average Bonchev–Trinajstić information content (AvgIpc) is 2.68. The van der Waals surface area contributed by atoms with Gasteiger partial charge in [-0.3, -0.25) is 19.2 Å². The number of aliphatic hydroxyl groups is 1. The predicted octanol–water partition coefficient (Wildman–Crippen LogP) is -1.22. The van der Waals surface area contributed by atoms with Crippen molar-refractivity contribution in [1.82, 2.24) is 26.6 Å². The maximum absolute atomic E-state index is 12.0. The molecule has 0 saturated heterocycles. The van der Waals surface area contributed by atoms with Gasteiger partial charge in [0, 0.05) is 25.6 Å². The van der Waals surface area contributed by atoms with Crippen molar-refractivity contribution in [3.8, 4) is 0 Å². The molecule has 0 rings (SSSR count). The van der Waals surface area contributed by atoms with E-state index in [0.717, 1.165) is 25.7 Å². The first-order valence-electron chi connectivity index (χ1n) is 10.2. The van der Waals surface area contributed by atoms with Crippen LogP contribution in [0.4, 0.5) is 0 Å². The van der Waals surface area contributed by atoms with E-state index < -0.39 is 24.5 Å². The van der Waals surface area contributed by atoms with Gasteiger partial charge in [-0.05, 0) is 6.42 Å². The first-order chi connectivity index (χ1) is 13.8. The Balaban J connectivity index is 4.06. The standard InChI is InChI=1S/C19H37N5O5/c1-4-5-6-7-9-21-17(27)11-23-19(29)15(13-25)24-18(28)12-22-16(26)8-10-20-14(2)3/h14-15,20,25H,4-13H2,1-3H3,(H,21,27)(H,22,26)(H,23,29)(H,24,28). The van der Waals surface area contributed by atoms with Crippen molar-refractivity contribution in [2.45, 2.75) is 65.0 Å². The highest BCUT2D eigenvalue weighted by atomic mass is 16.3. The molecule has 10 nitrogen and oxygen atoms in total. The normalized spacial score (nSPS) is 11.6. The summed E-state index contributed by atoms with van der Waals surface area (Å²) in [5.41, 5.74) is 0. The van der Waals surface area contributed by atoms with Crippen LogP contribution in [-0.4, -0.2) is 73.6 Å². The van der Waals surface area contributed by atoms with Gasteiger partial charge in [0.05, 0.1) is 19.7 Å². The molecule has 1 atom stereocenters. The van der Waals surface area contributed by atoms with Crippen LogP contribution in [-0.2, 0) is 19.2 Å². The van der Waals surface area contributed by atoms with Crippen LogP contribution in [0.15, 0.2) is 0 Å². The van der Waals surface area contributed by atoms with Gasteiger partial charge in [0.25, 0.3) is 0 Å². The first-order valence-corrected chi connectivity index (χ1v) is 10.2. The average molecular weight is 416 g/mol. The topological polar surface area (TPSA) is 149 Å². The lowest BCUT2D eigenvalue weighted by atomic mass is 10.2. The van der Waals surface area contributed by atoms with E-state index >= 15 is 0 Å². The van der Waals surface area contributed by atoms with Crippen LogP contribution in [0, 0.1) is 0 Å². The van der Waals surface area contributed by atoms with Crippen molar-refractivity contribution in [2.75, 3.05) is 32.8 Å². The highest BCUT2D eigenvalue weighted by Gasteiger charge is 2.20. The lowest BCUT2D eigenvalue weighted by Gasteiger charge is -2.16. The van der Waals surface area contributed by atoms with Crippen LogP contribution < -0.4 is 26.6 Å². The van der Waals surface area contributed by atoms with Crippen molar-refractivity contribution in [3.05, 3.63) is 0 Å². The molecule has 10 heteroatoms. The molecule has 0 fully saturated rings. The third kappa shape index (κ3) is 15.4. The molecule has 0 aromatic rings. The highest BCUT2D eigenvalue weighted by molar-refractivity contribution is 5.92. The minimum absolute atomic E-state index is 0.225. The summed E-state index contributed by atoms with van der Waals surface area (Å²) in [5, 5.41) is 22.2. The second kappa shape index (κ2) is 16.7. The Hall–Kier alpha value is -2.20. The van der Waals surface area contributed by atoms with Crippen molar-refractivity contribution in [2.24, 2.45) is 0 Å². The number of amides is 4. The second-order valence-corrected chi connectivity index (χ2v) is 7.07. The van der Waals surface area contributed by atoms with Crippen molar-refractivity contribution < 1.29 is 24.3 Å². The molecular weight excluding hydrogens is 378 g/mol. The minimum Gasteiger partial charge on any atom is -0.394 e. The van der Waals surface area contributed by atoms with Gasteiger partial charge in [0.1, 0.15) is 6.04 Å². The Morgan fingerprint density at radius 3 is 2.14 bits per heavy atom. The van der Waals surface area contributed by atoms with Gasteiger partial charge in [-0.25, -0.2) is 0 Å². The smallest absolute Gasteiger partial charge is 0.245 e. The van der Waals surface area contributed by atoms with Gasteiger partial charge in [-0.15, -0.1) is 0 Å². The summed E-state index contributed by atoms with van der Waals surface area (Å²) in [5.74, 6) is -1.91. The summed E-state index contributed by atoms with van der Waals surface area (Å²) >= 11 is 0. The predicted molar refractivity (Wildman–Crippen MR) is 110 cm³/mol. The minimum atomic E-state index is -1.20. The van der Waals surface area contributed by atoms with Crippen LogP contribution >= 0.6 is 0 Å². The summed E-state index contributed by atoms with van der Waals surface area (Å²) in [6.45, 7) is 5.90. The maximum Gasteiger partial charge on any atom is 0.245 e. The monoisotopic (exact) mass is 415 g/mol. The largest absolute Gasteiger partial charge is 0.394 e. The highest BCUT2D eigenvalue weighted by Crippen LogP contribution is 1.96. The van der Waals surface area contributed by atoms with E-state index in [1.807, 2.05) is 13.8 Å². The molecule has 0 saturated carbocycles. The molecule has 4 amide bonds. The molecule has 168 valence electrons. The SMILES string of the molecule is CCCCCCNC(=O)CNC(=O)C(CO)NC(=O)CNC(=O)CCNC(C)C. The molecule has 0 aliphatic heterocycles. The first kappa shape index (κ1) is 26.8.